The number of halogens is 2. The average Bonchev–Trinajstić information content (AvgIpc) is 3.08. The van der Waals surface area contributed by atoms with Crippen LogP contribution in [0, 0.1) is 17.0 Å². The van der Waals surface area contributed by atoms with Crippen molar-refractivity contribution in [1.29, 1.82) is 0 Å². The number of rotatable bonds is 7. The molecule has 9 heteroatoms. The predicted molar refractivity (Wildman–Crippen MR) is 135 cm³/mol. The number of aromatic hydroxyl groups is 1. The molecule has 7 nitrogen and oxygen atoms in total. The van der Waals surface area contributed by atoms with E-state index in [1.54, 1.807) is 12.1 Å². The van der Waals surface area contributed by atoms with Crippen molar-refractivity contribution >= 4 is 5.82 Å². The topological polar surface area (TPSA) is 84.3 Å². The third-order valence-electron chi connectivity index (χ3n) is 7.28. The van der Waals surface area contributed by atoms with E-state index < -0.39 is 17.4 Å². The van der Waals surface area contributed by atoms with Gasteiger partial charge in [-0.05, 0) is 49.3 Å². The molecule has 0 unspecified atom stereocenters. The Morgan fingerprint density at radius 1 is 1.11 bits per heavy atom. The number of methoxy groups -OCH3 is 1. The summed E-state index contributed by atoms with van der Waals surface area (Å²) in [6, 6.07) is 6.12. The molecule has 0 aliphatic heterocycles. The standard InChI is InChI=1S/C27H33F2N5O2/c1-5-11-27(2)12-7-6-8-17(15-27)34(3)22-10-9-19(32-33-22)24-21(35)13-18(25(28)26(24)29)20-14-23(36-4)31-16-30-20/h9-10,13-14,16-17,35H,5-8,11-12,15H2,1-4H3/t17-,27+/m0/s1. The number of hydrogen-bond donors (Lipinski definition) is 1. The lowest BCUT2D eigenvalue weighted by Gasteiger charge is -2.35. The quantitative estimate of drug-likeness (QED) is 0.391. The summed E-state index contributed by atoms with van der Waals surface area (Å²) in [5, 5.41) is 19.1. The Bertz CT molecular complexity index is 1210. The zero-order valence-corrected chi connectivity index (χ0v) is 21.3. The van der Waals surface area contributed by atoms with Crippen LogP contribution in [0.15, 0.2) is 30.6 Å². The Balaban J connectivity index is 1.60. The van der Waals surface area contributed by atoms with Crippen LogP contribution in [0.2, 0.25) is 0 Å². The van der Waals surface area contributed by atoms with Gasteiger partial charge < -0.3 is 14.7 Å². The van der Waals surface area contributed by atoms with E-state index in [0.29, 0.717) is 17.3 Å². The minimum atomic E-state index is -1.22. The number of ether oxygens (including phenoxy) is 1. The summed E-state index contributed by atoms with van der Waals surface area (Å²) in [5.41, 5.74) is -0.114. The van der Waals surface area contributed by atoms with Gasteiger partial charge in [0.2, 0.25) is 5.88 Å². The molecule has 2 atom stereocenters. The van der Waals surface area contributed by atoms with Gasteiger partial charge >= 0.3 is 0 Å². The number of hydrogen-bond acceptors (Lipinski definition) is 7. The van der Waals surface area contributed by atoms with Gasteiger partial charge in [0.25, 0.3) is 0 Å². The highest BCUT2D eigenvalue weighted by molar-refractivity contribution is 5.74. The molecule has 1 aliphatic carbocycles. The second-order valence-corrected chi connectivity index (χ2v) is 9.94. The van der Waals surface area contributed by atoms with Gasteiger partial charge in [0.15, 0.2) is 17.5 Å². The van der Waals surface area contributed by atoms with Crippen LogP contribution in [0.25, 0.3) is 22.5 Å². The highest BCUT2D eigenvalue weighted by atomic mass is 19.2. The average molecular weight is 498 g/mol. The molecule has 0 radical (unpaired) electrons. The van der Waals surface area contributed by atoms with Crippen LogP contribution in [0.3, 0.4) is 0 Å². The molecular formula is C27H33F2N5O2. The van der Waals surface area contributed by atoms with E-state index in [0.717, 1.165) is 25.3 Å². The normalized spacial score (nSPS) is 20.1. The van der Waals surface area contributed by atoms with Crippen LogP contribution in [-0.4, -0.2) is 45.5 Å². The van der Waals surface area contributed by atoms with E-state index >= 15 is 8.78 Å². The van der Waals surface area contributed by atoms with Crippen molar-refractivity contribution in [2.75, 3.05) is 19.1 Å². The van der Waals surface area contributed by atoms with Gasteiger partial charge in [0.05, 0.1) is 24.1 Å². The maximum atomic E-state index is 15.1. The molecule has 3 aromatic rings. The fourth-order valence-electron chi connectivity index (χ4n) is 5.34. The van der Waals surface area contributed by atoms with Crippen molar-refractivity contribution in [3.63, 3.8) is 0 Å². The summed E-state index contributed by atoms with van der Waals surface area (Å²) in [6.07, 6.45) is 9.33. The SMILES string of the molecule is CCC[C@]1(C)CCCC[C@H](N(C)c2ccc(-c3c(O)cc(-c4cc(OC)ncn4)c(F)c3F)nn2)C1. The van der Waals surface area contributed by atoms with E-state index in [4.69, 9.17) is 4.74 Å². The number of aromatic nitrogens is 4. The summed E-state index contributed by atoms with van der Waals surface area (Å²) in [5.74, 6) is -1.99. The van der Waals surface area contributed by atoms with Gasteiger partial charge in [0, 0.05) is 24.7 Å². The summed E-state index contributed by atoms with van der Waals surface area (Å²) in [4.78, 5) is 9.97. The Morgan fingerprint density at radius 3 is 2.61 bits per heavy atom. The molecule has 192 valence electrons. The monoisotopic (exact) mass is 497 g/mol. The molecule has 0 amide bonds. The van der Waals surface area contributed by atoms with Crippen LogP contribution < -0.4 is 9.64 Å². The van der Waals surface area contributed by atoms with E-state index in [1.165, 1.54) is 45.2 Å². The Hall–Kier alpha value is -3.36. The van der Waals surface area contributed by atoms with Gasteiger partial charge in [0.1, 0.15) is 12.1 Å². The molecule has 2 aromatic heterocycles. The highest BCUT2D eigenvalue weighted by Crippen LogP contribution is 2.41. The van der Waals surface area contributed by atoms with Crippen molar-refractivity contribution in [2.24, 2.45) is 5.41 Å². The third-order valence-corrected chi connectivity index (χ3v) is 7.28. The van der Waals surface area contributed by atoms with Crippen molar-refractivity contribution < 1.29 is 18.6 Å². The second-order valence-electron chi connectivity index (χ2n) is 9.94. The first kappa shape index (κ1) is 25.7. The summed E-state index contributed by atoms with van der Waals surface area (Å²) < 4.78 is 35.2. The first-order valence-electron chi connectivity index (χ1n) is 12.4. The fraction of sp³-hybridized carbons (Fsp3) is 0.481. The largest absolute Gasteiger partial charge is 0.507 e. The number of phenols is 1. The van der Waals surface area contributed by atoms with Crippen molar-refractivity contribution in [2.45, 2.75) is 64.8 Å². The van der Waals surface area contributed by atoms with Crippen LogP contribution in [0.5, 0.6) is 11.6 Å². The van der Waals surface area contributed by atoms with E-state index in [-0.39, 0.29) is 28.4 Å². The van der Waals surface area contributed by atoms with Gasteiger partial charge in [-0.3, -0.25) is 0 Å². The molecular weight excluding hydrogens is 464 g/mol. The molecule has 1 N–H and O–H groups in total. The van der Waals surface area contributed by atoms with E-state index in [2.05, 4.69) is 38.9 Å². The molecule has 1 fully saturated rings. The molecule has 1 saturated carbocycles. The van der Waals surface area contributed by atoms with Crippen LogP contribution in [0.1, 0.15) is 58.8 Å². The fourth-order valence-corrected chi connectivity index (χ4v) is 5.34. The van der Waals surface area contributed by atoms with Crippen LogP contribution in [0.4, 0.5) is 14.6 Å². The maximum absolute atomic E-state index is 15.1. The second kappa shape index (κ2) is 10.7. The number of nitrogens with zero attached hydrogens (tertiary/aromatic N) is 5. The van der Waals surface area contributed by atoms with Gasteiger partial charge in [-0.1, -0.05) is 33.1 Å². The lowest BCUT2D eigenvalue weighted by Crippen LogP contribution is -2.36. The third kappa shape index (κ3) is 5.24. The Kier molecular flexibility index (Phi) is 7.66. The number of anilines is 1. The highest BCUT2D eigenvalue weighted by Gasteiger charge is 2.32. The van der Waals surface area contributed by atoms with Gasteiger partial charge in [-0.2, -0.15) is 0 Å². The number of phenolic OH excluding ortho intramolecular Hbond substituents is 1. The number of benzene rings is 1. The minimum absolute atomic E-state index is 0.0459. The van der Waals surface area contributed by atoms with E-state index in [9.17, 15) is 5.11 Å². The van der Waals surface area contributed by atoms with Crippen molar-refractivity contribution in [3.8, 4) is 34.1 Å². The smallest absolute Gasteiger partial charge is 0.216 e. The lowest BCUT2D eigenvalue weighted by atomic mass is 9.77. The molecule has 36 heavy (non-hydrogen) atoms. The van der Waals surface area contributed by atoms with Gasteiger partial charge in [-0.15, -0.1) is 10.2 Å². The minimum Gasteiger partial charge on any atom is -0.507 e. The van der Waals surface area contributed by atoms with Crippen molar-refractivity contribution in [3.05, 3.63) is 42.2 Å². The Morgan fingerprint density at radius 2 is 1.92 bits per heavy atom. The zero-order valence-electron chi connectivity index (χ0n) is 21.3. The van der Waals surface area contributed by atoms with Crippen LogP contribution in [-0.2, 0) is 0 Å². The van der Waals surface area contributed by atoms with E-state index in [1.807, 2.05) is 7.05 Å². The maximum Gasteiger partial charge on any atom is 0.216 e. The van der Waals surface area contributed by atoms with Crippen molar-refractivity contribution in [1.82, 2.24) is 20.2 Å². The molecule has 1 aromatic carbocycles. The molecule has 4 rings (SSSR count). The molecule has 0 bridgehead atoms. The summed E-state index contributed by atoms with van der Waals surface area (Å²) >= 11 is 0. The predicted octanol–water partition coefficient (Wildman–Crippen LogP) is 6.17. The first-order chi connectivity index (χ1) is 17.3. The summed E-state index contributed by atoms with van der Waals surface area (Å²) in [7, 11) is 3.41. The van der Waals surface area contributed by atoms with Gasteiger partial charge in [-0.25, -0.2) is 18.7 Å². The lowest BCUT2D eigenvalue weighted by molar-refractivity contribution is 0.238. The molecule has 1 aliphatic rings. The summed E-state index contributed by atoms with van der Waals surface area (Å²) in [6.45, 7) is 4.60. The molecule has 0 spiro atoms. The Labute approximate surface area is 210 Å². The molecule has 2 heterocycles. The molecule has 0 saturated heterocycles. The first-order valence-corrected chi connectivity index (χ1v) is 12.4. The van der Waals surface area contributed by atoms with Crippen LogP contribution >= 0.6 is 0 Å². The zero-order chi connectivity index (χ0) is 25.9.